The number of rotatable bonds is 9. The number of nitrogens with one attached hydrogen (secondary N) is 1. The van der Waals surface area contributed by atoms with Crippen LogP contribution in [0.3, 0.4) is 0 Å². The van der Waals surface area contributed by atoms with Crippen LogP contribution in [0.1, 0.15) is 6.92 Å². The monoisotopic (exact) mass is 252 g/mol. The van der Waals surface area contributed by atoms with Crippen LogP contribution < -0.4 is 15.0 Å². The quantitative estimate of drug-likeness (QED) is 0.679. The second-order valence-electron chi connectivity index (χ2n) is 4.21. The summed E-state index contributed by atoms with van der Waals surface area (Å²) in [5.74, 6) is 0.886. The van der Waals surface area contributed by atoms with Gasteiger partial charge < -0.3 is 19.7 Å². The number of nitrogens with zero attached hydrogens (tertiary/aromatic N) is 1. The molecule has 102 valence electrons. The molecule has 0 radical (unpaired) electrons. The Bertz CT molecular complexity index is 329. The molecule has 0 spiro atoms. The highest BCUT2D eigenvalue weighted by molar-refractivity contribution is 5.49. The van der Waals surface area contributed by atoms with Crippen LogP contribution in [0, 0.1) is 0 Å². The highest BCUT2D eigenvalue weighted by Gasteiger charge is 1.98. The third-order valence-electron chi connectivity index (χ3n) is 2.50. The van der Waals surface area contributed by atoms with Crippen molar-refractivity contribution >= 4 is 5.69 Å². The van der Waals surface area contributed by atoms with Gasteiger partial charge in [-0.05, 0) is 18.7 Å². The third-order valence-corrected chi connectivity index (χ3v) is 2.50. The van der Waals surface area contributed by atoms with Crippen molar-refractivity contribution in [2.24, 2.45) is 0 Å². The predicted octanol–water partition coefficient (Wildman–Crippen LogP) is 1.76. The predicted molar refractivity (Wildman–Crippen MR) is 75.6 cm³/mol. The van der Waals surface area contributed by atoms with Gasteiger partial charge in [-0.3, -0.25) is 0 Å². The van der Waals surface area contributed by atoms with Crippen LogP contribution in [-0.4, -0.2) is 47.0 Å². The average Bonchev–Trinajstić information content (AvgIpc) is 2.38. The van der Waals surface area contributed by atoms with E-state index in [1.54, 1.807) is 0 Å². The molecule has 18 heavy (non-hydrogen) atoms. The Morgan fingerprint density at radius 3 is 2.72 bits per heavy atom. The molecule has 1 rings (SSSR count). The van der Waals surface area contributed by atoms with E-state index in [0.717, 1.165) is 31.1 Å². The van der Waals surface area contributed by atoms with Gasteiger partial charge in [-0.25, -0.2) is 0 Å². The Morgan fingerprint density at radius 2 is 2.00 bits per heavy atom. The standard InChI is InChI=1S/C14H24N2O2/c1-4-15-8-9-17-10-11-18-14-7-5-6-13(12-14)16(2)3/h5-7,12,15H,4,8-11H2,1-3H3. The highest BCUT2D eigenvalue weighted by atomic mass is 16.5. The van der Waals surface area contributed by atoms with E-state index in [2.05, 4.69) is 23.2 Å². The van der Waals surface area contributed by atoms with E-state index in [1.807, 2.05) is 32.3 Å². The molecule has 0 aliphatic heterocycles. The fourth-order valence-electron chi connectivity index (χ4n) is 1.49. The number of hydrogen-bond acceptors (Lipinski definition) is 4. The van der Waals surface area contributed by atoms with Crippen molar-refractivity contribution in [2.45, 2.75) is 6.92 Å². The molecule has 1 N–H and O–H groups in total. The average molecular weight is 252 g/mol. The molecule has 0 aromatic heterocycles. The first-order chi connectivity index (χ1) is 8.74. The number of hydrogen-bond donors (Lipinski definition) is 1. The van der Waals surface area contributed by atoms with Gasteiger partial charge in [-0.1, -0.05) is 13.0 Å². The van der Waals surface area contributed by atoms with Gasteiger partial charge in [0, 0.05) is 32.4 Å². The molecule has 0 unspecified atom stereocenters. The minimum absolute atomic E-state index is 0.586. The van der Waals surface area contributed by atoms with Gasteiger partial charge >= 0.3 is 0 Å². The Balaban J connectivity index is 2.17. The zero-order valence-electron chi connectivity index (χ0n) is 11.6. The molecule has 1 aromatic rings. The molecular formula is C14H24N2O2. The topological polar surface area (TPSA) is 33.7 Å². The van der Waals surface area contributed by atoms with Gasteiger partial charge in [-0.2, -0.15) is 0 Å². The summed E-state index contributed by atoms with van der Waals surface area (Å²) in [6.07, 6.45) is 0. The maximum atomic E-state index is 5.63. The first-order valence-corrected chi connectivity index (χ1v) is 6.42. The van der Waals surface area contributed by atoms with Crippen molar-refractivity contribution in [1.82, 2.24) is 5.32 Å². The molecule has 4 heteroatoms. The van der Waals surface area contributed by atoms with E-state index in [-0.39, 0.29) is 0 Å². The fraction of sp³-hybridized carbons (Fsp3) is 0.571. The lowest BCUT2D eigenvalue weighted by Gasteiger charge is -2.14. The summed E-state index contributed by atoms with van der Waals surface area (Å²) in [6, 6.07) is 8.04. The van der Waals surface area contributed by atoms with Crippen molar-refractivity contribution < 1.29 is 9.47 Å². The van der Waals surface area contributed by atoms with Gasteiger partial charge in [0.15, 0.2) is 0 Å². The molecule has 1 aromatic carbocycles. The van der Waals surface area contributed by atoms with Crippen LogP contribution >= 0.6 is 0 Å². The SMILES string of the molecule is CCNCCOCCOc1cccc(N(C)C)c1. The van der Waals surface area contributed by atoms with E-state index in [4.69, 9.17) is 9.47 Å². The minimum atomic E-state index is 0.586. The number of likely N-dealkylation sites (N-methyl/N-ethyl adjacent to an activating group) is 1. The summed E-state index contributed by atoms with van der Waals surface area (Å²) in [7, 11) is 4.03. The maximum Gasteiger partial charge on any atom is 0.121 e. The van der Waals surface area contributed by atoms with E-state index >= 15 is 0 Å². The second-order valence-corrected chi connectivity index (χ2v) is 4.21. The van der Waals surface area contributed by atoms with Crippen molar-refractivity contribution in [3.63, 3.8) is 0 Å². The van der Waals surface area contributed by atoms with E-state index < -0.39 is 0 Å². The summed E-state index contributed by atoms with van der Waals surface area (Å²) < 4.78 is 11.1. The summed E-state index contributed by atoms with van der Waals surface area (Å²) in [5, 5.41) is 3.21. The first kappa shape index (κ1) is 14.8. The molecule has 0 heterocycles. The van der Waals surface area contributed by atoms with Gasteiger partial charge in [-0.15, -0.1) is 0 Å². The fourth-order valence-corrected chi connectivity index (χ4v) is 1.49. The van der Waals surface area contributed by atoms with Crippen LogP contribution in [0.4, 0.5) is 5.69 Å². The van der Waals surface area contributed by atoms with Gasteiger partial charge in [0.1, 0.15) is 12.4 Å². The molecule has 0 aliphatic rings. The molecular weight excluding hydrogens is 228 g/mol. The summed E-state index contributed by atoms with van der Waals surface area (Å²) in [6.45, 7) is 5.90. The van der Waals surface area contributed by atoms with Crippen LogP contribution in [-0.2, 0) is 4.74 Å². The molecule has 0 bridgehead atoms. The number of ether oxygens (including phenoxy) is 2. The van der Waals surface area contributed by atoms with Crippen LogP contribution in [0.25, 0.3) is 0 Å². The maximum absolute atomic E-state index is 5.63. The van der Waals surface area contributed by atoms with Crippen molar-refractivity contribution in [3.8, 4) is 5.75 Å². The molecule has 0 aliphatic carbocycles. The summed E-state index contributed by atoms with van der Waals surface area (Å²) in [5.41, 5.74) is 1.14. The van der Waals surface area contributed by atoms with E-state index in [9.17, 15) is 0 Å². The normalized spacial score (nSPS) is 10.4. The lowest BCUT2D eigenvalue weighted by Crippen LogP contribution is -2.20. The van der Waals surface area contributed by atoms with E-state index in [0.29, 0.717) is 13.2 Å². The largest absolute Gasteiger partial charge is 0.491 e. The molecule has 0 amide bonds. The van der Waals surface area contributed by atoms with Crippen molar-refractivity contribution in [1.29, 1.82) is 0 Å². The van der Waals surface area contributed by atoms with Gasteiger partial charge in [0.25, 0.3) is 0 Å². The minimum Gasteiger partial charge on any atom is -0.491 e. The molecule has 0 atom stereocenters. The first-order valence-electron chi connectivity index (χ1n) is 6.42. The molecule has 0 saturated carbocycles. The number of anilines is 1. The Morgan fingerprint density at radius 1 is 1.17 bits per heavy atom. The summed E-state index contributed by atoms with van der Waals surface area (Å²) >= 11 is 0. The number of benzene rings is 1. The molecule has 4 nitrogen and oxygen atoms in total. The van der Waals surface area contributed by atoms with Crippen LogP contribution in [0.2, 0.25) is 0 Å². The van der Waals surface area contributed by atoms with Gasteiger partial charge in [0.05, 0.1) is 13.2 Å². The molecule has 0 saturated heterocycles. The summed E-state index contributed by atoms with van der Waals surface area (Å²) in [4.78, 5) is 2.06. The van der Waals surface area contributed by atoms with E-state index in [1.165, 1.54) is 0 Å². The lowest BCUT2D eigenvalue weighted by molar-refractivity contribution is 0.102. The Kier molecular flexibility index (Phi) is 7.22. The highest BCUT2D eigenvalue weighted by Crippen LogP contribution is 2.18. The zero-order chi connectivity index (χ0) is 13.2. The smallest absolute Gasteiger partial charge is 0.121 e. The Labute approximate surface area is 110 Å². The Hall–Kier alpha value is -1.26. The molecule has 0 fully saturated rings. The van der Waals surface area contributed by atoms with Crippen LogP contribution in [0.5, 0.6) is 5.75 Å². The zero-order valence-corrected chi connectivity index (χ0v) is 11.6. The third kappa shape index (κ3) is 5.89. The van der Waals surface area contributed by atoms with Crippen LogP contribution in [0.15, 0.2) is 24.3 Å². The van der Waals surface area contributed by atoms with Crippen molar-refractivity contribution in [3.05, 3.63) is 24.3 Å². The second kappa shape index (κ2) is 8.78. The van der Waals surface area contributed by atoms with Crippen molar-refractivity contribution in [2.75, 3.05) is 51.9 Å². The van der Waals surface area contributed by atoms with Gasteiger partial charge in [0.2, 0.25) is 0 Å². The lowest BCUT2D eigenvalue weighted by atomic mass is 10.3.